The Bertz CT molecular complexity index is 523. The maximum Gasteiger partial charge on any atom is 0.377 e. The topological polar surface area (TPSA) is 90.1 Å². The van der Waals surface area contributed by atoms with E-state index in [9.17, 15) is 4.79 Å². The summed E-state index contributed by atoms with van der Waals surface area (Å²) >= 11 is 0. The van der Waals surface area contributed by atoms with E-state index >= 15 is 0 Å². The van der Waals surface area contributed by atoms with Crippen molar-refractivity contribution in [1.29, 1.82) is 0 Å². The van der Waals surface area contributed by atoms with Crippen LogP contribution in [0.2, 0.25) is 0 Å². The molecular weight excluding hydrogens is 212 g/mol. The highest BCUT2D eigenvalue weighted by Gasteiger charge is 2.11. The van der Waals surface area contributed by atoms with Gasteiger partial charge in [0.15, 0.2) is 0 Å². The Morgan fingerprint density at radius 2 is 2.31 bits per heavy atom. The lowest BCUT2D eigenvalue weighted by molar-refractivity contribution is 0.0683. The molecule has 82 valence electrons. The molecule has 0 amide bonds. The van der Waals surface area contributed by atoms with Gasteiger partial charge in [0.25, 0.3) is 5.82 Å². The van der Waals surface area contributed by atoms with Crippen LogP contribution in [0.1, 0.15) is 10.6 Å². The van der Waals surface area contributed by atoms with E-state index in [1.54, 1.807) is 24.3 Å². The van der Waals surface area contributed by atoms with Crippen LogP contribution in [-0.4, -0.2) is 38.4 Å². The highest BCUT2D eigenvalue weighted by atomic mass is 16.5. The molecule has 16 heavy (non-hydrogen) atoms. The van der Waals surface area contributed by atoms with Gasteiger partial charge in [-0.2, -0.15) is 0 Å². The molecule has 0 aliphatic rings. The predicted octanol–water partition coefficient (Wildman–Crippen LogP) is 0.369. The number of tetrazole rings is 1. The van der Waals surface area contributed by atoms with Crippen LogP contribution in [0.3, 0.4) is 0 Å². The summed E-state index contributed by atoms with van der Waals surface area (Å²) in [5.74, 6) is -0.927. The Balaban J connectivity index is 2.38. The largest absolute Gasteiger partial charge is 0.497 e. The molecule has 7 heteroatoms. The number of benzene rings is 1. The molecule has 7 nitrogen and oxygen atoms in total. The summed E-state index contributed by atoms with van der Waals surface area (Å²) < 4.78 is 5.02. The van der Waals surface area contributed by atoms with E-state index in [0.29, 0.717) is 11.4 Å². The Hall–Kier alpha value is -2.44. The molecule has 0 saturated heterocycles. The van der Waals surface area contributed by atoms with Gasteiger partial charge in [0.2, 0.25) is 0 Å². The smallest absolute Gasteiger partial charge is 0.377 e. The van der Waals surface area contributed by atoms with Gasteiger partial charge in [-0.1, -0.05) is 6.07 Å². The average molecular weight is 220 g/mol. The zero-order valence-electron chi connectivity index (χ0n) is 8.36. The standard InChI is InChI=1S/C9H8N4O3/c1-16-7-4-2-3-6(5-7)13-11-8(9(14)15)10-12-13/h2-5H,1H3,(H,14,15). The molecule has 0 aliphatic carbocycles. The lowest BCUT2D eigenvalue weighted by Crippen LogP contribution is -2.02. The van der Waals surface area contributed by atoms with E-state index in [0.717, 1.165) is 4.80 Å². The van der Waals surface area contributed by atoms with Gasteiger partial charge in [0.05, 0.1) is 12.8 Å². The maximum atomic E-state index is 10.6. The van der Waals surface area contributed by atoms with E-state index in [1.807, 2.05) is 0 Å². The van der Waals surface area contributed by atoms with E-state index in [-0.39, 0.29) is 5.82 Å². The SMILES string of the molecule is COc1cccc(-n2nnc(C(=O)O)n2)c1. The minimum atomic E-state index is -1.21. The van der Waals surface area contributed by atoms with Crippen LogP contribution in [0, 0.1) is 0 Å². The van der Waals surface area contributed by atoms with Gasteiger partial charge in [0.1, 0.15) is 5.75 Å². The van der Waals surface area contributed by atoms with Crippen molar-refractivity contribution >= 4 is 5.97 Å². The quantitative estimate of drug-likeness (QED) is 0.803. The third kappa shape index (κ3) is 1.83. The fraction of sp³-hybridized carbons (Fsp3) is 0.111. The third-order valence-corrected chi connectivity index (χ3v) is 1.89. The molecule has 1 aromatic carbocycles. The number of methoxy groups -OCH3 is 1. The van der Waals surface area contributed by atoms with Crippen LogP contribution in [0.25, 0.3) is 5.69 Å². The Morgan fingerprint density at radius 1 is 1.50 bits per heavy atom. The Kier molecular flexibility index (Phi) is 2.50. The molecule has 1 heterocycles. The first-order chi connectivity index (χ1) is 7.70. The van der Waals surface area contributed by atoms with Crippen molar-refractivity contribution in [3.8, 4) is 11.4 Å². The molecule has 0 spiro atoms. The lowest BCUT2D eigenvalue weighted by Gasteiger charge is -2.01. The molecule has 0 aliphatic heterocycles. The first kappa shape index (κ1) is 10.1. The number of hydrogen-bond donors (Lipinski definition) is 1. The second kappa shape index (κ2) is 3.97. The van der Waals surface area contributed by atoms with Crippen molar-refractivity contribution in [2.24, 2.45) is 0 Å². The number of carboxylic acids is 1. The van der Waals surface area contributed by atoms with Gasteiger partial charge < -0.3 is 9.84 Å². The normalized spacial score (nSPS) is 10.1. The van der Waals surface area contributed by atoms with Crippen LogP contribution in [-0.2, 0) is 0 Å². The van der Waals surface area contributed by atoms with Crippen molar-refractivity contribution < 1.29 is 14.6 Å². The summed E-state index contributed by atoms with van der Waals surface area (Å²) in [4.78, 5) is 11.7. The minimum Gasteiger partial charge on any atom is -0.497 e. The zero-order chi connectivity index (χ0) is 11.5. The molecule has 0 bridgehead atoms. The number of nitrogens with zero attached hydrogens (tertiary/aromatic N) is 4. The third-order valence-electron chi connectivity index (χ3n) is 1.89. The molecule has 0 unspecified atom stereocenters. The second-order valence-corrected chi connectivity index (χ2v) is 2.91. The van der Waals surface area contributed by atoms with Gasteiger partial charge in [-0.15, -0.1) is 15.0 Å². The van der Waals surface area contributed by atoms with E-state index < -0.39 is 5.97 Å². The summed E-state index contributed by atoms with van der Waals surface area (Å²) in [5.41, 5.74) is 0.583. The van der Waals surface area contributed by atoms with Gasteiger partial charge >= 0.3 is 5.97 Å². The Morgan fingerprint density at radius 3 is 2.94 bits per heavy atom. The van der Waals surface area contributed by atoms with Gasteiger partial charge in [-0.25, -0.2) is 4.79 Å². The summed E-state index contributed by atoms with van der Waals surface area (Å²) in [7, 11) is 1.54. The highest BCUT2D eigenvalue weighted by molar-refractivity contribution is 5.82. The van der Waals surface area contributed by atoms with Crippen LogP contribution in [0.5, 0.6) is 5.75 Å². The predicted molar refractivity (Wildman–Crippen MR) is 52.7 cm³/mol. The van der Waals surface area contributed by atoms with Crippen molar-refractivity contribution in [2.45, 2.75) is 0 Å². The van der Waals surface area contributed by atoms with Gasteiger partial charge in [-0.3, -0.25) is 0 Å². The van der Waals surface area contributed by atoms with E-state index in [1.165, 1.54) is 7.11 Å². The van der Waals surface area contributed by atoms with E-state index in [4.69, 9.17) is 9.84 Å². The first-order valence-electron chi connectivity index (χ1n) is 4.38. The molecule has 1 aromatic heterocycles. The minimum absolute atomic E-state index is 0.345. The summed E-state index contributed by atoms with van der Waals surface area (Å²) in [5, 5.41) is 19.3. The van der Waals surface area contributed by atoms with Crippen LogP contribution >= 0.6 is 0 Å². The number of ether oxygens (including phenoxy) is 1. The fourth-order valence-electron chi connectivity index (χ4n) is 1.14. The maximum absolute atomic E-state index is 10.6. The molecule has 0 atom stereocenters. The van der Waals surface area contributed by atoms with Crippen molar-refractivity contribution in [1.82, 2.24) is 20.2 Å². The molecule has 0 fully saturated rings. The van der Waals surface area contributed by atoms with Crippen molar-refractivity contribution in [2.75, 3.05) is 7.11 Å². The van der Waals surface area contributed by atoms with Gasteiger partial charge in [0, 0.05) is 6.07 Å². The zero-order valence-corrected chi connectivity index (χ0v) is 8.36. The number of carbonyl (C=O) groups is 1. The summed E-state index contributed by atoms with van der Waals surface area (Å²) in [6, 6.07) is 6.90. The number of hydrogen-bond acceptors (Lipinski definition) is 5. The average Bonchev–Trinajstić information content (AvgIpc) is 2.78. The van der Waals surface area contributed by atoms with Gasteiger partial charge in [-0.05, 0) is 17.3 Å². The van der Waals surface area contributed by atoms with Crippen LogP contribution in [0.4, 0.5) is 0 Å². The monoisotopic (exact) mass is 220 g/mol. The fourth-order valence-corrected chi connectivity index (χ4v) is 1.14. The van der Waals surface area contributed by atoms with Crippen LogP contribution in [0.15, 0.2) is 24.3 Å². The molecular formula is C9H8N4O3. The summed E-state index contributed by atoms with van der Waals surface area (Å²) in [6.07, 6.45) is 0. The van der Waals surface area contributed by atoms with Crippen molar-refractivity contribution in [3.05, 3.63) is 30.1 Å². The lowest BCUT2D eigenvalue weighted by atomic mass is 10.3. The molecule has 1 N–H and O–H groups in total. The Labute approximate surface area is 90.3 Å². The van der Waals surface area contributed by atoms with E-state index in [2.05, 4.69) is 15.4 Å². The molecule has 2 rings (SSSR count). The number of aromatic carboxylic acids is 1. The number of rotatable bonds is 3. The number of aromatic nitrogens is 4. The molecule has 2 aromatic rings. The highest BCUT2D eigenvalue weighted by Crippen LogP contribution is 2.14. The van der Waals surface area contributed by atoms with Crippen LogP contribution < -0.4 is 4.74 Å². The van der Waals surface area contributed by atoms with Crippen molar-refractivity contribution in [3.63, 3.8) is 0 Å². The molecule has 0 saturated carbocycles. The second-order valence-electron chi connectivity index (χ2n) is 2.91. The first-order valence-corrected chi connectivity index (χ1v) is 4.38. The molecule has 0 radical (unpaired) electrons. The summed E-state index contributed by atoms with van der Waals surface area (Å²) in [6.45, 7) is 0. The number of carboxylic acid groups (broad SMARTS) is 1.